The van der Waals surface area contributed by atoms with Gasteiger partial charge in [0.1, 0.15) is 0 Å². The summed E-state index contributed by atoms with van der Waals surface area (Å²) in [6.45, 7) is 0. The van der Waals surface area contributed by atoms with E-state index in [1.165, 1.54) is 7.11 Å². The van der Waals surface area contributed by atoms with Crippen molar-refractivity contribution in [3.63, 3.8) is 0 Å². The first-order valence-corrected chi connectivity index (χ1v) is 7.30. The van der Waals surface area contributed by atoms with E-state index in [1.54, 1.807) is 24.3 Å². The lowest BCUT2D eigenvalue weighted by Gasteiger charge is -1.91. The Hall–Kier alpha value is -1.60. The molecule has 2 rings (SSSR count). The minimum atomic E-state index is -1.80. The predicted molar refractivity (Wildman–Crippen MR) is 75.4 cm³/mol. The summed E-state index contributed by atoms with van der Waals surface area (Å²) < 4.78 is 30.1. The molecule has 1 atom stereocenters. The lowest BCUT2D eigenvalue weighted by molar-refractivity contribution is 0.433. The zero-order chi connectivity index (χ0) is 13.9. The Kier molecular flexibility index (Phi) is 7.60. The molecule has 0 aliphatic carbocycles. The van der Waals surface area contributed by atoms with Crippen molar-refractivity contribution in [1.82, 2.24) is 0 Å². The van der Waals surface area contributed by atoms with Crippen LogP contribution in [0.3, 0.4) is 0 Å². The van der Waals surface area contributed by atoms with Gasteiger partial charge in [0.15, 0.2) is 5.75 Å². The van der Waals surface area contributed by atoms with E-state index in [2.05, 4.69) is 4.52 Å². The van der Waals surface area contributed by atoms with Crippen LogP contribution in [0.1, 0.15) is 0 Å². The molecule has 0 aliphatic heterocycles. The van der Waals surface area contributed by atoms with Gasteiger partial charge in [-0.1, -0.05) is 36.4 Å². The number of hydrogen-bond donors (Lipinski definition) is 0. The van der Waals surface area contributed by atoms with Crippen LogP contribution in [0.4, 0.5) is 0 Å². The third-order valence-electron chi connectivity index (χ3n) is 1.97. The van der Waals surface area contributed by atoms with Crippen LogP contribution >= 0.6 is 16.7 Å². The van der Waals surface area contributed by atoms with Gasteiger partial charge in [0.2, 0.25) is 5.30 Å². The summed E-state index contributed by atoms with van der Waals surface area (Å²) >= 11 is 0. The normalized spacial score (nSPS) is 10.3. The van der Waals surface area contributed by atoms with E-state index in [0.29, 0.717) is 11.1 Å². The molecule has 2 aromatic carbocycles. The van der Waals surface area contributed by atoms with Gasteiger partial charge in [-0.15, -0.1) is 0 Å². The molecule has 0 saturated heterocycles. The maximum Gasteiger partial charge on any atom is 0.597 e. The average molecular weight is 295 g/mol. The largest absolute Gasteiger partial charge is 0.597 e. The minimum Gasteiger partial charge on any atom is -0.298 e. The van der Waals surface area contributed by atoms with E-state index in [0.717, 1.165) is 0 Å². The van der Waals surface area contributed by atoms with Crippen LogP contribution in [-0.4, -0.2) is 7.11 Å². The first-order valence-electron chi connectivity index (χ1n) is 5.39. The van der Waals surface area contributed by atoms with Crippen molar-refractivity contribution in [2.24, 2.45) is 0 Å². The summed E-state index contributed by atoms with van der Waals surface area (Å²) in [5.41, 5.74) is 0. The molecule has 0 radical (unpaired) electrons. The van der Waals surface area contributed by atoms with E-state index in [-0.39, 0.29) is 8.69 Å². The number of rotatable bonds is 4. The molecule has 4 nitrogen and oxygen atoms in total. The summed E-state index contributed by atoms with van der Waals surface area (Å²) in [5.74, 6) is 0.627. The fraction of sp³-hybridized carbons (Fsp3) is 0.0769. The number of para-hydroxylation sites is 1. The van der Waals surface area contributed by atoms with Gasteiger partial charge in [-0.05, 0) is 28.8 Å². The van der Waals surface area contributed by atoms with E-state index in [9.17, 15) is 4.57 Å². The van der Waals surface area contributed by atoms with Gasteiger partial charge in [0.05, 0.1) is 0 Å². The highest BCUT2D eigenvalue weighted by atomic mass is 31.1. The quantitative estimate of drug-likeness (QED) is 0.801. The summed E-state index contributed by atoms with van der Waals surface area (Å²) in [4.78, 5) is 0. The Bertz CT molecular complexity index is 503. The monoisotopic (exact) mass is 295 g/mol. The molecular weight excluding hydrogens is 282 g/mol. The van der Waals surface area contributed by atoms with Crippen LogP contribution in [-0.2, 0) is 13.7 Å². The molecule has 0 amide bonds. The maximum absolute atomic E-state index is 11.7. The standard InChI is InChI=1S/C12H10O2P.CH3O2P/c13-15(12-9-5-2-6-10-12)14-11-7-3-1-4-8-11;1-3-4-2/h1-10H;1H3/q+1;. The first kappa shape index (κ1) is 15.5. The van der Waals surface area contributed by atoms with Crippen LogP contribution in [0.2, 0.25) is 0 Å². The first-order chi connectivity index (χ1) is 9.27. The Labute approximate surface area is 114 Å². The Morgan fingerprint density at radius 1 is 0.947 bits per heavy atom. The lowest BCUT2D eigenvalue weighted by atomic mass is 10.3. The molecular formula is C13H13O4P2+. The highest BCUT2D eigenvalue weighted by Gasteiger charge is 2.22. The van der Waals surface area contributed by atoms with Crippen LogP contribution in [0.25, 0.3) is 0 Å². The molecule has 0 saturated carbocycles. The molecule has 0 aromatic heterocycles. The van der Waals surface area contributed by atoms with Crippen LogP contribution < -0.4 is 9.83 Å². The molecule has 0 N–H and O–H groups in total. The molecule has 0 fully saturated rings. The highest BCUT2D eigenvalue weighted by molar-refractivity contribution is 7.48. The highest BCUT2D eigenvalue weighted by Crippen LogP contribution is 2.25. The SMILES string of the molecule is COP=O.O=[P+](Oc1ccccc1)c1ccccc1. The molecule has 0 spiro atoms. The minimum absolute atomic E-state index is 0.252. The second-order valence-electron chi connectivity index (χ2n) is 3.25. The molecule has 0 aliphatic rings. The summed E-state index contributed by atoms with van der Waals surface area (Å²) in [6.07, 6.45) is 0. The zero-order valence-corrected chi connectivity index (χ0v) is 12.1. The lowest BCUT2D eigenvalue weighted by Crippen LogP contribution is -1.98. The Morgan fingerprint density at radius 3 is 1.89 bits per heavy atom. The maximum atomic E-state index is 11.7. The van der Waals surface area contributed by atoms with Crippen LogP contribution in [0.5, 0.6) is 5.75 Å². The van der Waals surface area contributed by atoms with Crippen molar-refractivity contribution in [3.05, 3.63) is 60.7 Å². The van der Waals surface area contributed by atoms with E-state index >= 15 is 0 Å². The zero-order valence-electron chi connectivity index (χ0n) is 10.3. The smallest absolute Gasteiger partial charge is 0.298 e. The second-order valence-corrected chi connectivity index (χ2v) is 4.98. The van der Waals surface area contributed by atoms with Crippen LogP contribution in [0, 0.1) is 0 Å². The molecule has 98 valence electrons. The molecule has 0 bridgehead atoms. The third-order valence-corrected chi connectivity index (χ3v) is 3.22. The van der Waals surface area contributed by atoms with Crippen molar-refractivity contribution >= 4 is 22.0 Å². The third kappa shape index (κ3) is 6.21. The van der Waals surface area contributed by atoms with Crippen molar-refractivity contribution in [2.75, 3.05) is 7.11 Å². The van der Waals surface area contributed by atoms with Crippen molar-refractivity contribution in [3.8, 4) is 5.75 Å². The molecule has 6 heteroatoms. The fourth-order valence-corrected chi connectivity index (χ4v) is 2.01. The van der Waals surface area contributed by atoms with Gasteiger partial charge >= 0.3 is 16.7 Å². The number of hydrogen-bond acceptors (Lipinski definition) is 4. The molecule has 2 aromatic rings. The van der Waals surface area contributed by atoms with Gasteiger partial charge < -0.3 is 0 Å². The average Bonchev–Trinajstić information content (AvgIpc) is 2.49. The Balaban J connectivity index is 0.000000399. The van der Waals surface area contributed by atoms with E-state index in [4.69, 9.17) is 9.09 Å². The van der Waals surface area contributed by atoms with E-state index < -0.39 is 8.03 Å². The topological polar surface area (TPSA) is 52.6 Å². The summed E-state index contributed by atoms with van der Waals surface area (Å²) in [7, 11) is -0.698. The van der Waals surface area contributed by atoms with Gasteiger partial charge in [-0.25, -0.2) is 4.57 Å². The molecule has 0 heterocycles. The summed E-state index contributed by atoms with van der Waals surface area (Å²) in [6, 6.07) is 18.3. The van der Waals surface area contributed by atoms with Gasteiger partial charge in [-0.3, -0.25) is 9.05 Å². The predicted octanol–water partition coefficient (Wildman–Crippen LogP) is 3.97. The van der Waals surface area contributed by atoms with Crippen molar-refractivity contribution in [1.29, 1.82) is 0 Å². The van der Waals surface area contributed by atoms with Crippen LogP contribution in [0.15, 0.2) is 60.7 Å². The molecule has 1 unspecified atom stereocenters. The second kappa shape index (κ2) is 9.35. The summed E-state index contributed by atoms with van der Waals surface area (Å²) in [5, 5.41) is 0.705. The van der Waals surface area contributed by atoms with Gasteiger partial charge in [0, 0.05) is 7.11 Å². The van der Waals surface area contributed by atoms with Crippen molar-refractivity contribution < 1.29 is 18.2 Å². The fourth-order valence-electron chi connectivity index (χ4n) is 1.18. The van der Waals surface area contributed by atoms with Gasteiger partial charge in [0.25, 0.3) is 0 Å². The van der Waals surface area contributed by atoms with E-state index in [1.807, 2.05) is 36.4 Å². The molecule has 19 heavy (non-hydrogen) atoms. The van der Waals surface area contributed by atoms with Crippen molar-refractivity contribution in [2.45, 2.75) is 0 Å². The van der Waals surface area contributed by atoms with Gasteiger partial charge in [-0.2, -0.15) is 0 Å². The number of benzene rings is 2. The Morgan fingerprint density at radius 2 is 1.42 bits per heavy atom.